The Kier molecular flexibility index (Phi) is 1.82. The Morgan fingerprint density at radius 2 is 2.00 bits per heavy atom. The highest BCUT2D eigenvalue weighted by atomic mass is 32.1. The van der Waals surface area contributed by atoms with Crippen LogP contribution in [0.2, 0.25) is 0 Å². The molecular formula is C11H8N2OS. The van der Waals surface area contributed by atoms with E-state index in [0.29, 0.717) is 0 Å². The van der Waals surface area contributed by atoms with Gasteiger partial charge in [0, 0.05) is 5.56 Å². The molecule has 0 spiro atoms. The van der Waals surface area contributed by atoms with E-state index in [2.05, 4.69) is 10.1 Å². The van der Waals surface area contributed by atoms with Gasteiger partial charge in [0.2, 0.25) is 0 Å². The Morgan fingerprint density at radius 3 is 2.73 bits per heavy atom. The van der Waals surface area contributed by atoms with Crippen LogP contribution in [0.25, 0.3) is 20.9 Å². The second-order valence-electron chi connectivity index (χ2n) is 3.28. The molecule has 0 radical (unpaired) electrons. The van der Waals surface area contributed by atoms with E-state index >= 15 is 0 Å². The maximum atomic E-state index is 5.04. The van der Waals surface area contributed by atoms with Gasteiger partial charge in [-0.05, 0) is 6.92 Å². The van der Waals surface area contributed by atoms with Crippen LogP contribution in [0.5, 0.6) is 0 Å². The number of aryl methyl sites for hydroxylation is 1. The molecule has 2 aromatic heterocycles. The third-order valence-electron chi connectivity index (χ3n) is 2.23. The lowest BCUT2D eigenvalue weighted by Gasteiger charge is -1.92. The fourth-order valence-electron chi connectivity index (χ4n) is 1.46. The second kappa shape index (κ2) is 3.17. The number of nitrogens with zero attached hydrogens (tertiary/aromatic N) is 2. The van der Waals surface area contributed by atoms with Crippen LogP contribution in [-0.4, -0.2) is 10.1 Å². The van der Waals surface area contributed by atoms with E-state index in [0.717, 1.165) is 26.7 Å². The molecule has 0 aliphatic heterocycles. The monoisotopic (exact) mass is 216 g/mol. The number of benzene rings is 1. The van der Waals surface area contributed by atoms with Crippen LogP contribution in [0.4, 0.5) is 0 Å². The van der Waals surface area contributed by atoms with Gasteiger partial charge in [-0.2, -0.15) is 0 Å². The summed E-state index contributed by atoms with van der Waals surface area (Å²) in [4.78, 5) is 5.37. The third-order valence-corrected chi connectivity index (χ3v) is 3.21. The average Bonchev–Trinajstić information content (AvgIpc) is 2.83. The van der Waals surface area contributed by atoms with Gasteiger partial charge in [0.25, 0.3) is 0 Å². The van der Waals surface area contributed by atoms with Crippen molar-refractivity contribution in [2.75, 3.05) is 0 Å². The number of fused-ring (bicyclic) bond motifs is 1. The first-order chi connectivity index (χ1) is 7.34. The summed E-state index contributed by atoms with van der Waals surface area (Å²) in [6.07, 6.45) is 0. The molecule has 0 aliphatic rings. The van der Waals surface area contributed by atoms with Crippen LogP contribution in [0.1, 0.15) is 5.76 Å². The molecule has 0 unspecified atom stereocenters. The Labute approximate surface area is 90.4 Å². The molecule has 0 fully saturated rings. The van der Waals surface area contributed by atoms with Crippen molar-refractivity contribution < 1.29 is 4.52 Å². The van der Waals surface area contributed by atoms with E-state index in [9.17, 15) is 0 Å². The van der Waals surface area contributed by atoms with Gasteiger partial charge >= 0.3 is 0 Å². The zero-order valence-corrected chi connectivity index (χ0v) is 8.91. The number of rotatable bonds is 1. The first-order valence-electron chi connectivity index (χ1n) is 4.63. The van der Waals surface area contributed by atoms with Crippen LogP contribution in [0.3, 0.4) is 0 Å². The SMILES string of the molecule is Cc1onc2sc(-c3ccccc3)nc12. The maximum Gasteiger partial charge on any atom is 0.187 e. The third kappa shape index (κ3) is 1.34. The number of aromatic nitrogens is 2. The van der Waals surface area contributed by atoms with Crippen molar-refractivity contribution in [3.05, 3.63) is 36.1 Å². The van der Waals surface area contributed by atoms with E-state index in [1.165, 1.54) is 0 Å². The molecule has 3 aromatic rings. The Hall–Kier alpha value is -1.68. The zero-order chi connectivity index (χ0) is 10.3. The summed E-state index contributed by atoms with van der Waals surface area (Å²) in [5.74, 6) is 0.781. The first-order valence-corrected chi connectivity index (χ1v) is 5.44. The Bertz CT molecular complexity index is 597. The normalized spacial score (nSPS) is 11.0. The minimum Gasteiger partial charge on any atom is -0.358 e. The summed E-state index contributed by atoms with van der Waals surface area (Å²) in [5, 5.41) is 4.94. The van der Waals surface area contributed by atoms with E-state index < -0.39 is 0 Å². The fraction of sp³-hybridized carbons (Fsp3) is 0.0909. The Morgan fingerprint density at radius 1 is 1.20 bits per heavy atom. The summed E-state index contributed by atoms with van der Waals surface area (Å²) >= 11 is 1.56. The van der Waals surface area contributed by atoms with Gasteiger partial charge in [0.15, 0.2) is 10.6 Å². The van der Waals surface area contributed by atoms with Crippen LogP contribution >= 0.6 is 11.3 Å². The predicted molar refractivity (Wildman–Crippen MR) is 59.9 cm³/mol. The molecule has 1 aromatic carbocycles. The maximum absolute atomic E-state index is 5.04. The predicted octanol–water partition coefficient (Wildman–Crippen LogP) is 3.26. The molecule has 15 heavy (non-hydrogen) atoms. The van der Waals surface area contributed by atoms with Gasteiger partial charge in [0.1, 0.15) is 10.5 Å². The minimum atomic E-state index is 0.781. The van der Waals surface area contributed by atoms with Crippen molar-refractivity contribution in [3.8, 4) is 10.6 Å². The van der Waals surface area contributed by atoms with Crippen LogP contribution in [0.15, 0.2) is 34.9 Å². The van der Waals surface area contributed by atoms with Gasteiger partial charge in [-0.25, -0.2) is 4.98 Å². The highest BCUT2D eigenvalue weighted by Gasteiger charge is 2.11. The largest absolute Gasteiger partial charge is 0.358 e. The molecule has 0 saturated heterocycles. The van der Waals surface area contributed by atoms with Crippen molar-refractivity contribution in [1.29, 1.82) is 0 Å². The molecule has 0 saturated carbocycles. The topological polar surface area (TPSA) is 38.9 Å². The van der Waals surface area contributed by atoms with E-state index in [4.69, 9.17) is 4.52 Å². The van der Waals surface area contributed by atoms with Gasteiger partial charge in [-0.1, -0.05) is 46.8 Å². The van der Waals surface area contributed by atoms with Gasteiger partial charge in [0.05, 0.1) is 0 Å². The van der Waals surface area contributed by atoms with Crippen molar-refractivity contribution >= 4 is 21.7 Å². The van der Waals surface area contributed by atoms with Crippen LogP contribution in [-0.2, 0) is 0 Å². The number of hydrogen-bond donors (Lipinski definition) is 0. The van der Waals surface area contributed by atoms with Gasteiger partial charge in [-0.15, -0.1) is 0 Å². The lowest BCUT2D eigenvalue weighted by molar-refractivity contribution is 0.406. The molecule has 0 N–H and O–H groups in total. The second-order valence-corrected chi connectivity index (χ2v) is 4.26. The summed E-state index contributed by atoms with van der Waals surface area (Å²) in [7, 11) is 0. The number of hydrogen-bond acceptors (Lipinski definition) is 4. The standard InChI is InChI=1S/C11H8N2OS/c1-7-9-11(13-14-7)15-10(12-9)8-5-3-2-4-6-8/h2-6H,1H3. The van der Waals surface area contributed by atoms with Crippen LogP contribution < -0.4 is 0 Å². The zero-order valence-electron chi connectivity index (χ0n) is 8.10. The molecule has 0 aliphatic carbocycles. The summed E-state index contributed by atoms with van der Waals surface area (Å²) in [6, 6.07) is 10.1. The molecule has 0 amide bonds. The first kappa shape index (κ1) is 8.61. The summed E-state index contributed by atoms with van der Waals surface area (Å²) < 4.78 is 5.04. The lowest BCUT2D eigenvalue weighted by atomic mass is 10.2. The molecule has 4 heteroatoms. The highest BCUT2D eigenvalue weighted by molar-refractivity contribution is 7.21. The molecular weight excluding hydrogens is 208 g/mol. The molecule has 0 bridgehead atoms. The van der Waals surface area contributed by atoms with Crippen molar-refractivity contribution in [3.63, 3.8) is 0 Å². The van der Waals surface area contributed by atoms with Gasteiger partial charge < -0.3 is 4.52 Å². The van der Waals surface area contributed by atoms with Crippen molar-refractivity contribution in [2.24, 2.45) is 0 Å². The van der Waals surface area contributed by atoms with Crippen molar-refractivity contribution in [1.82, 2.24) is 10.1 Å². The molecule has 3 nitrogen and oxygen atoms in total. The van der Waals surface area contributed by atoms with E-state index in [1.807, 2.05) is 37.3 Å². The fourth-order valence-corrected chi connectivity index (χ4v) is 2.40. The molecule has 0 atom stereocenters. The van der Waals surface area contributed by atoms with Crippen LogP contribution in [0, 0.1) is 6.92 Å². The minimum absolute atomic E-state index is 0.781. The van der Waals surface area contributed by atoms with Gasteiger partial charge in [-0.3, -0.25) is 0 Å². The quantitative estimate of drug-likeness (QED) is 0.626. The summed E-state index contributed by atoms with van der Waals surface area (Å²) in [6.45, 7) is 1.88. The lowest BCUT2D eigenvalue weighted by Crippen LogP contribution is -1.74. The number of thiazole rings is 1. The average molecular weight is 216 g/mol. The van der Waals surface area contributed by atoms with E-state index in [-0.39, 0.29) is 0 Å². The Balaban J connectivity index is 2.20. The molecule has 74 valence electrons. The molecule has 3 rings (SSSR count). The smallest absolute Gasteiger partial charge is 0.187 e. The summed E-state index contributed by atoms with van der Waals surface area (Å²) in [5.41, 5.74) is 2.00. The molecule has 2 heterocycles. The van der Waals surface area contributed by atoms with E-state index in [1.54, 1.807) is 11.3 Å². The highest BCUT2D eigenvalue weighted by Crippen LogP contribution is 2.30. The van der Waals surface area contributed by atoms with Crippen molar-refractivity contribution in [2.45, 2.75) is 6.92 Å².